The lowest BCUT2D eigenvalue weighted by molar-refractivity contribution is 1.04. The van der Waals surface area contributed by atoms with E-state index < -0.39 is 0 Å². The molecular formula is C12H12N6. The summed E-state index contributed by atoms with van der Waals surface area (Å²) < 4.78 is 0. The van der Waals surface area contributed by atoms with E-state index in [9.17, 15) is 0 Å². The van der Waals surface area contributed by atoms with Crippen molar-refractivity contribution in [2.45, 2.75) is 0 Å². The Morgan fingerprint density at radius 2 is 2.17 bits per heavy atom. The number of hydrogen-bond donors (Lipinski definition) is 1. The molecule has 0 aliphatic rings. The summed E-state index contributed by atoms with van der Waals surface area (Å²) in [5, 5.41) is 11.4. The summed E-state index contributed by atoms with van der Waals surface area (Å²) in [5.74, 6) is 2.12. The van der Waals surface area contributed by atoms with Crippen LogP contribution in [0.1, 0.15) is 0 Å². The molecule has 0 spiro atoms. The highest BCUT2D eigenvalue weighted by Crippen LogP contribution is 2.19. The predicted octanol–water partition coefficient (Wildman–Crippen LogP) is 1.57. The topological polar surface area (TPSA) is 77.7 Å². The van der Waals surface area contributed by atoms with Crippen molar-refractivity contribution in [2.24, 2.45) is 0 Å². The molecule has 0 saturated heterocycles. The van der Waals surface area contributed by atoms with Gasteiger partial charge in [0.25, 0.3) is 0 Å². The number of nitrogens with one attached hydrogen (secondary N) is 1. The van der Waals surface area contributed by atoms with Gasteiger partial charge in [0.2, 0.25) is 0 Å². The summed E-state index contributed by atoms with van der Waals surface area (Å²) in [6.45, 7) is 0.212. The van der Waals surface area contributed by atoms with E-state index >= 15 is 0 Å². The summed E-state index contributed by atoms with van der Waals surface area (Å²) in [4.78, 5) is 14.3. The number of anilines is 3. The minimum atomic E-state index is 0.212. The quantitative estimate of drug-likeness (QED) is 0.817. The van der Waals surface area contributed by atoms with E-state index in [1.54, 1.807) is 12.3 Å². The zero-order valence-corrected chi connectivity index (χ0v) is 9.91. The van der Waals surface area contributed by atoms with Crippen LogP contribution in [0.15, 0.2) is 36.8 Å². The molecule has 0 atom stereocenters. The molecule has 0 aliphatic carbocycles. The fraction of sp³-hybridized carbons (Fsp3) is 0.167. The van der Waals surface area contributed by atoms with Gasteiger partial charge >= 0.3 is 0 Å². The van der Waals surface area contributed by atoms with Crippen LogP contribution in [0.3, 0.4) is 0 Å². The van der Waals surface area contributed by atoms with E-state index in [0.717, 1.165) is 5.82 Å². The number of rotatable bonds is 4. The highest BCUT2D eigenvalue weighted by molar-refractivity contribution is 5.58. The van der Waals surface area contributed by atoms with Gasteiger partial charge in [0, 0.05) is 19.3 Å². The lowest BCUT2D eigenvalue weighted by atomic mass is 10.4. The third-order valence-corrected chi connectivity index (χ3v) is 2.34. The van der Waals surface area contributed by atoms with Crippen LogP contribution in [-0.4, -0.2) is 28.5 Å². The van der Waals surface area contributed by atoms with Gasteiger partial charge in [-0.3, -0.25) is 0 Å². The Labute approximate surface area is 105 Å². The largest absolute Gasteiger partial charge is 0.357 e. The minimum absolute atomic E-state index is 0.212. The molecule has 0 radical (unpaired) electrons. The van der Waals surface area contributed by atoms with Crippen LogP contribution in [-0.2, 0) is 0 Å². The lowest BCUT2D eigenvalue weighted by Crippen LogP contribution is -2.13. The van der Waals surface area contributed by atoms with Gasteiger partial charge in [-0.1, -0.05) is 6.07 Å². The maximum Gasteiger partial charge on any atom is 0.139 e. The second-order valence-electron chi connectivity index (χ2n) is 3.52. The maximum absolute atomic E-state index is 8.51. The number of aromatic nitrogens is 3. The standard InChI is InChI=1S/C12H12N6/c1-18(11-4-2-3-6-15-11)12-8-10(14-7-5-13)16-9-17-12/h2-4,6,8-9H,7H2,1H3,(H,14,16,17). The Kier molecular flexibility index (Phi) is 3.66. The Morgan fingerprint density at radius 3 is 2.89 bits per heavy atom. The molecule has 18 heavy (non-hydrogen) atoms. The molecule has 2 heterocycles. The molecule has 0 aromatic carbocycles. The highest BCUT2D eigenvalue weighted by atomic mass is 15.2. The van der Waals surface area contributed by atoms with E-state index in [0.29, 0.717) is 11.6 Å². The molecule has 2 aromatic rings. The monoisotopic (exact) mass is 240 g/mol. The van der Waals surface area contributed by atoms with Crippen molar-refractivity contribution < 1.29 is 0 Å². The van der Waals surface area contributed by atoms with Crippen molar-refractivity contribution in [3.05, 3.63) is 36.8 Å². The van der Waals surface area contributed by atoms with E-state index in [-0.39, 0.29) is 6.54 Å². The number of nitriles is 1. The van der Waals surface area contributed by atoms with Crippen molar-refractivity contribution >= 4 is 17.5 Å². The second-order valence-corrected chi connectivity index (χ2v) is 3.52. The maximum atomic E-state index is 8.51. The first-order valence-corrected chi connectivity index (χ1v) is 5.39. The van der Waals surface area contributed by atoms with Gasteiger partial charge in [-0.15, -0.1) is 0 Å². The van der Waals surface area contributed by atoms with E-state index in [2.05, 4.69) is 20.3 Å². The SMILES string of the molecule is CN(c1ccccn1)c1cc(NCC#N)ncn1. The van der Waals surface area contributed by atoms with Gasteiger partial charge in [0.05, 0.1) is 6.07 Å². The summed E-state index contributed by atoms with van der Waals surface area (Å²) in [6.07, 6.45) is 3.18. The Bertz CT molecular complexity index is 548. The van der Waals surface area contributed by atoms with E-state index in [4.69, 9.17) is 5.26 Å². The van der Waals surface area contributed by atoms with Crippen LogP contribution in [0.5, 0.6) is 0 Å². The third-order valence-electron chi connectivity index (χ3n) is 2.34. The van der Waals surface area contributed by atoms with Crippen LogP contribution >= 0.6 is 0 Å². The molecular weight excluding hydrogens is 228 g/mol. The Morgan fingerprint density at radius 1 is 1.28 bits per heavy atom. The van der Waals surface area contributed by atoms with Gasteiger partial charge in [-0.25, -0.2) is 15.0 Å². The molecule has 6 heteroatoms. The van der Waals surface area contributed by atoms with Gasteiger partial charge in [-0.05, 0) is 12.1 Å². The van der Waals surface area contributed by atoms with Gasteiger partial charge < -0.3 is 10.2 Å². The van der Waals surface area contributed by atoms with Gasteiger partial charge in [0.1, 0.15) is 30.3 Å². The van der Waals surface area contributed by atoms with Gasteiger partial charge in [-0.2, -0.15) is 5.26 Å². The normalized spacial score (nSPS) is 9.56. The fourth-order valence-electron chi connectivity index (χ4n) is 1.43. The lowest BCUT2D eigenvalue weighted by Gasteiger charge is -2.17. The van der Waals surface area contributed by atoms with Crippen molar-refractivity contribution in [1.82, 2.24) is 15.0 Å². The first-order valence-electron chi connectivity index (χ1n) is 5.39. The van der Waals surface area contributed by atoms with Crippen LogP contribution in [0, 0.1) is 11.3 Å². The average Bonchev–Trinajstić information content (AvgIpc) is 2.45. The fourth-order valence-corrected chi connectivity index (χ4v) is 1.43. The average molecular weight is 240 g/mol. The number of nitrogens with zero attached hydrogens (tertiary/aromatic N) is 5. The first-order chi connectivity index (χ1) is 8.81. The third kappa shape index (κ3) is 2.71. The predicted molar refractivity (Wildman–Crippen MR) is 68.4 cm³/mol. The van der Waals surface area contributed by atoms with E-state index in [1.165, 1.54) is 6.33 Å². The number of pyridine rings is 1. The smallest absolute Gasteiger partial charge is 0.139 e. The number of hydrogen-bond acceptors (Lipinski definition) is 6. The highest BCUT2D eigenvalue weighted by Gasteiger charge is 2.07. The molecule has 0 saturated carbocycles. The molecule has 0 aliphatic heterocycles. The molecule has 0 amide bonds. The van der Waals surface area contributed by atoms with Crippen LogP contribution in [0.2, 0.25) is 0 Å². The molecule has 6 nitrogen and oxygen atoms in total. The van der Waals surface area contributed by atoms with Crippen LogP contribution in [0.25, 0.3) is 0 Å². The summed E-state index contributed by atoms with van der Waals surface area (Å²) in [6, 6.07) is 9.43. The minimum Gasteiger partial charge on any atom is -0.357 e. The zero-order valence-electron chi connectivity index (χ0n) is 9.91. The molecule has 2 rings (SSSR count). The van der Waals surface area contributed by atoms with Crippen molar-refractivity contribution in [3.63, 3.8) is 0 Å². The molecule has 2 aromatic heterocycles. The summed E-state index contributed by atoms with van der Waals surface area (Å²) in [5.41, 5.74) is 0. The first kappa shape index (κ1) is 11.8. The van der Waals surface area contributed by atoms with Crippen LogP contribution in [0.4, 0.5) is 17.5 Å². The van der Waals surface area contributed by atoms with Crippen LogP contribution < -0.4 is 10.2 Å². The second kappa shape index (κ2) is 5.59. The Hall–Kier alpha value is -2.68. The molecule has 0 unspecified atom stereocenters. The van der Waals surface area contributed by atoms with E-state index in [1.807, 2.05) is 36.2 Å². The summed E-state index contributed by atoms with van der Waals surface area (Å²) in [7, 11) is 1.87. The van der Waals surface area contributed by atoms with Crippen molar-refractivity contribution in [3.8, 4) is 6.07 Å². The van der Waals surface area contributed by atoms with Crippen molar-refractivity contribution in [2.75, 3.05) is 23.8 Å². The molecule has 0 fully saturated rings. The van der Waals surface area contributed by atoms with Gasteiger partial charge in [0.15, 0.2) is 0 Å². The van der Waals surface area contributed by atoms with Crippen molar-refractivity contribution in [1.29, 1.82) is 5.26 Å². The zero-order chi connectivity index (χ0) is 12.8. The molecule has 0 bridgehead atoms. The Balaban J connectivity index is 2.21. The summed E-state index contributed by atoms with van der Waals surface area (Å²) >= 11 is 0. The molecule has 90 valence electrons. The molecule has 1 N–H and O–H groups in total.